The molecule has 5 heteroatoms. The summed E-state index contributed by atoms with van der Waals surface area (Å²) in [5, 5.41) is 6.00. The molecule has 0 saturated carbocycles. The fourth-order valence-corrected chi connectivity index (χ4v) is 2.05. The van der Waals surface area contributed by atoms with Gasteiger partial charge in [0.25, 0.3) is 5.91 Å². The number of amides is 2. The predicted octanol–water partition coefficient (Wildman–Crippen LogP) is 2.50. The second-order valence-corrected chi connectivity index (χ2v) is 6.20. The van der Waals surface area contributed by atoms with Gasteiger partial charge in [-0.3, -0.25) is 9.59 Å². The Labute approximate surface area is 133 Å². The van der Waals surface area contributed by atoms with Gasteiger partial charge in [0, 0.05) is 29.9 Å². The van der Waals surface area contributed by atoms with Gasteiger partial charge in [0.05, 0.1) is 6.54 Å². The van der Waals surface area contributed by atoms with Crippen LogP contribution in [0.1, 0.15) is 45.0 Å². The third-order valence-electron chi connectivity index (χ3n) is 3.17. The van der Waals surface area contributed by atoms with E-state index in [-0.39, 0.29) is 23.9 Å². The molecule has 0 bridgehead atoms. The highest BCUT2D eigenvalue weighted by molar-refractivity contribution is 5.95. The average molecular weight is 305 g/mol. The Morgan fingerprint density at radius 3 is 2.32 bits per heavy atom. The molecule has 0 aliphatic rings. The molecular weight excluding hydrogens is 278 g/mol. The topological polar surface area (TPSA) is 61.4 Å². The number of carbonyl (C=O) groups is 2. The molecule has 0 atom stereocenters. The van der Waals surface area contributed by atoms with E-state index in [1.165, 1.54) is 0 Å². The lowest BCUT2D eigenvalue weighted by Gasteiger charge is -2.21. The van der Waals surface area contributed by atoms with Gasteiger partial charge in [0.15, 0.2) is 0 Å². The van der Waals surface area contributed by atoms with E-state index >= 15 is 0 Å². The molecule has 22 heavy (non-hydrogen) atoms. The van der Waals surface area contributed by atoms with Crippen LogP contribution in [0.5, 0.6) is 0 Å². The first-order chi connectivity index (χ1) is 10.3. The molecule has 0 heterocycles. The molecule has 0 spiro atoms. The summed E-state index contributed by atoms with van der Waals surface area (Å²) in [4.78, 5) is 25.9. The summed E-state index contributed by atoms with van der Waals surface area (Å²) >= 11 is 0. The number of carbonyl (C=O) groups excluding carboxylic acids is 2. The molecule has 0 radical (unpaired) electrons. The van der Waals surface area contributed by atoms with Crippen LogP contribution in [0.15, 0.2) is 24.3 Å². The highest BCUT2D eigenvalue weighted by atomic mass is 16.2. The molecule has 0 aromatic heterocycles. The van der Waals surface area contributed by atoms with Gasteiger partial charge in [-0.05, 0) is 52.8 Å². The normalized spacial score (nSPS) is 11.0. The Morgan fingerprint density at radius 2 is 1.77 bits per heavy atom. The van der Waals surface area contributed by atoms with Crippen molar-refractivity contribution in [1.82, 2.24) is 10.2 Å². The molecule has 2 amide bonds. The number of anilines is 1. The van der Waals surface area contributed by atoms with Gasteiger partial charge in [0.1, 0.15) is 0 Å². The zero-order chi connectivity index (χ0) is 16.8. The van der Waals surface area contributed by atoms with E-state index in [1.54, 1.807) is 17.0 Å². The SMILES string of the molecule is CCN(CC)C(=O)CNc1cccc(C(=O)NC(C)(C)C)c1. The third kappa shape index (κ3) is 5.76. The highest BCUT2D eigenvalue weighted by Crippen LogP contribution is 2.12. The van der Waals surface area contributed by atoms with Crippen LogP contribution < -0.4 is 10.6 Å². The first-order valence-corrected chi connectivity index (χ1v) is 7.71. The van der Waals surface area contributed by atoms with Crippen LogP contribution in [0.2, 0.25) is 0 Å². The zero-order valence-corrected chi connectivity index (χ0v) is 14.2. The summed E-state index contributed by atoms with van der Waals surface area (Å²) in [6.07, 6.45) is 0. The van der Waals surface area contributed by atoms with Gasteiger partial charge < -0.3 is 15.5 Å². The van der Waals surface area contributed by atoms with Gasteiger partial charge in [-0.15, -0.1) is 0 Å². The van der Waals surface area contributed by atoms with Crippen molar-refractivity contribution < 1.29 is 9.59 Å². The quantitative estimate of drug-likeness (QED) is 0.849. The molecule has 0 aliphatic heterocycles. The van der Waals surface area contributed by atoms with Gasteiger partial charge >= 0.3 is 0 Å². The lowest BCUT2D eigenvalue weighted by atomic mass is 10.1. The smallest absolute Gasteiger partial charge is 0.251 e. The molecule has 1 rings (SSSR count). The molecule has 1 aromatic carbocycles. The molecule has 122 valence electrons. The molecule has 1 aromatic rings. The lowest BCUT2D eigenvalue weighted by Crippen LogP contribution is -2.40. The van der Waals surface area contributed by atoms with Crippen LogP contribution in [0.25, 0.3) is 0 Å². The molecule has 0 unspecified atom stereocenters. The highest BCUT2D eigenvalue weighted by Gasteiger charge is 2.15. The lowest BCUT2D eigenvalue weighted by molar-refractivity contribution is -0.128. The number of hydrogen-bond acceptors (Lipinski definition) is 3. The summed E-state index contributed by atoms with van der Waals surface area (Å²) in [7, 11) is 0. The largest absolute Gasteiger partial charge is 0.376 e. The minimum atomic E-state index is -0.279. The van der Waals surface area contributed by atoms with Crippen LogP contribution in [0, 0.1) is 0 Å². The van der Waals surface area contributed by atoms with Crippen LogP contribution in [-0.2, 0) is 4.79 Å². The maximum atomic E-state index is 12.1. The molecule has 0 fully saturated rings. The number of benzene rings is 1. The fourth-order valence-electron chi connectivity index (χ4n) is 2.05. The van der Waals surface area contributed by atoms with E-state index in [1.807, 2.05) is 46.8 Å². The van der Waals surface area contributed by atoms with Gasteiger partial charge in [-0.2, -0.15) is 0 Å². The van der Waals surface area contributed by atoms with Crippen LogP contribution >= 0.6 is 0 Å². The van der Waals surface area contributed by atoms with Crippen molar-refractivity contribution in [2.45, 2.75) is 40.2 Å². The third-order valence-corrected chi connectivity index (χ3v) is 3.17. The van der Waals surface area contributed by atoms with Crippen LogP contribution in [0.3, 0.4) is 0 Å². The first kappa shape index (κ1) is 18.0. The predicted molar refractivity (Wildman–Crippen MR) is 90.1 cm³/mol. The zero-order valence-electron chi connectivity index (χ0n) is 14.2. The minimum absolute atomic E-state index is 0.0505. The van der Waals surface area contributed by atoms with E-state index in [9.17, 15) is 9.59 Å². The average Bonchev–Trinajstić information content (AvgIpc) is 2.45. The molecule has 5 nitrogen and oxygen atoms in total. The van der Waals surface area contributed by atoms with Crippen LogP contribution in [-0.4, -0.2) is 41.9 Å². The van der Waals surface area contributed by atoms with Gasteiger partial charge in [-0.25, -0.2) is 0 Å². The Balaban J connectivity index is 2.69. The summed E-state index contributed by atoms with van der Waals surface area (Å²) in [5.41, 5.74) is 1.07. The molecule has 2 N–H and O–H groups in total. The maximum Gasteiger partial charge on any atom is 0.251 e. The van der Waals surface area contributed by atoms with E-state index in [0.29, 0.717) is 18.7 Å². The summed E-state index contributed by atoms with van der Waals surface area (Å²) in [5.74, 6) is -0.0687. The van der Waals surface area contributed by atoms with Crippen molar-refractivity contribution in [3.8, 4) is 0 Å². The van der Waals surface area contributed by atoms with Crippen molar-refractivity contribution in [1.29, 1.82) is 0 Å². The number of hydrogen-bond donors (Lipinski definition) is 2. The second-order valence-electron chi connectivity index (χ2n) is 6.20. The van der Waals surface area contributed by atoms with Crippen molar-refractivity contribution >= 4 is 17.5 Å². The fraction of sp³-hybridized carbons (Fsp3) is 0.529. The van der Waals surface area contributed by atoms with Gasteiger partial charge in [-0.1, -0.05) is 6.07 Å². The number of likely N-dealkylation sites (N-methyl/N-ethyl adjacent to an activating group) is 1. The van der Waals surface area contributed by atoms with E-state index in [2.05, 4.69) is 10.6 Å². The number of rotatable bonds is 6. The Hall–Kier alpha value is -2.04. The summed E-state index contributed by atoms with van der Waals surface area (Å²) < 4.78 is 0. The van der Waals surface area contributed by atoms with E-state index in [4.69, 9.17) is 0 Å². The maximum absolute atomic E-state index is 12.1. The van der Waals surface area contributed by atoms with E-state index in [0.717, 1.165) is 5.69 Å². The minimum Gasteiger partial charge on any atom is -0.376 e. The molecule has 0 aliphatic carbocycles. The standard InChI is InChI=1S/C17H27N3O2/c1-6-20(7-2)15(21)12-18-14-10-8-9-13(11-14)16(22)19-17(3,4)5/h8-11,18H,6-7,12H2,1-5H3,(H,19,22). The summed E-state index contributed by atoms with van der Waals surface area (Å²) in [6.45, 7) is 11.4. The monoisotopic (exact) mass is 305 g/mol. The molecular formula is C17H27N3O2. The van der Waals surface area contributed by atoms with Crippen molar-refractivity contribution in [3.63, 3.8) is 0 Å². The Kier molecular flexibility index (Phi) is 6.40. The first-order valence-electron chi connectivity index (χ1n) is 7.71. The van der Waals surface area contributed by atoms with Crippen molar-refractivity contribution in [2.75, 3.05) is 25.0 Å². The van der Waals surface area contributed by atoms with Crippen LogP contribution in [0.4, 0.5) is 5.69 Å². The Morgan fingerprint density at radius 1 is 1.14 bits per heavy atom. The number of nitrogens with zero attached hydrogens (tertiary/aromatic N) is 1. The second kappa shape index (κ2) is 7.82. The van der Waals surface area contributed by atoms with Crippen molar-refractivity contribution in [3.05, 3.63) is 29.8 Å². The number of nitrogens with one attached hydrogen (secondary N) is 2. The van der Waals surface area contributed by atoms with Crippen molar-refractivity contribution in [2.24, 2.45) is 0 Å². The summed E-state index contributed by atoms with van der Waals surface area (Å²) in [6, 6.07) is 7.18. The Bertz CT molecular complexity index is 517. The van der Waals surface area contributed by atoms with Gasteiger partial charge in [0.2, 0.25) is 5.91 Å². The van der Waals surface area contributed by atoms with E-state index < -0.39 is 0 Å². The molecule has 0 saturated heterocycles.